The molecule has 0 bridgehead atoms. The van der Waals surface area contributed by atoms with Gasteiger partial charge in [-0.3, -0.25) is 4.90 Å². The van der Waals surface area contributed by atoms with Crippen LogP contribution in [-0.2, 0) is 4.74 Å². The van der Waals surface area contributed by atoms with Gasteiger partial charge in [-0.2, -0.15) is 0 Å². The van der Waals surface area contributed by atoms with Crippen LogP contribution in [0.3, 0.4) is 0 Å². The topological polar surface area (TPSA) is 62.8 Å². The van der Waals surface area contributed by atoms with Crippen molar-refractivity contribution in [3.8, 4) is 5.75 Å². The summed E-state index contributed by atoms with van der Waals surface area (Å²) in [7, 11) is 0. The SMILES string of the molecule is Cc1nc(N[C@H](C)c2cccc(C(F)F)c2F)c2cc3c(cc2n1)OC[C@H]1CN(C2COC2)CCN31. The fraction of sp³-hybridized carbons (Fsp3) is 0.462. The van der Waals surface area contributed by atoms with Gasteiger partial charge in [-0.25, -0.2) is 23.1 Å². The van der Waals surface area contributed by atoms with Crippen molar-refractivity contribution >= 4 is 22.4 Å². The van der Waals surface area contributed by atoms with Crippen molar-refractivity contribution in [2.24, 2.45) is 0 Å². The van der Waals surface area contributed by atoms with Crippen molar-refractivity contribution in [2.75, 3.05) is 49.7 Å². The van der Waals surface area contributed by atoms with E-state index in [1.54, 1.807) is 13.8 Å². The van der Waals surface area contributed by atoms with Gasteiger partial charge in [-0.15, -0.1) is 0 Å². The molecule has 2 fully saturated rings. The maximum Gasteiger partial charge on any atom is 0.266 e. The molecule has 36 heavy (non-hydrogen) atoms. The van der Waals surface area contributed by atoms with E-state index in [0.29, 0.717) is 29.8 Å². The summed E-state index contributed by atoms with van der Waals surface area (Å²) in [6.45, 7) is 8.45. The molecule has 6 rings (SSSR count). The van der Waals surface area contributed by atoms with Crippen LogP contribution in [0.25, 0.3) is 10.9 Å². The van der Waals surface area contributed by atoms with Crippen LogP contribution in [-0.4, -0.2) is 66.4 Å². The zero-order valence-electron chi connectivity index (χ0n) is 20.2. The second-order valence-electron chi connectivity index (χ2n) is 9.72. The van der Waals surface area contributed by atoms with Crippen LogP contribution in [0.4, 0.5) is 24.7 Å². The molecule has 0 saturated carbocycles. The molecule has 0 spiro atoms. The molecule has 0 unspecified atom stereocenters. The molecule has 3 aromatic rings. The molecule has 0 radical (unpaired) electrons. The van der Waals surface area contributed by atoms with Crippen LogP contribution in [0, 0.1) is 12.7 Å². The second kappa shape index (κ2) is 9.08. The monoisotopic (exact) mass is 499 g/mol. The Morgan fingerprint density at radius 3 is 2.61 bits per heavy atom. The van der Waals surface area contributed by atoms with E-state index >= 15 is 0 Å². The zero-order valence-corrected chi connectivity index (χ0v) is 20.2. The molecule has 3 aliphatic heterocycles. The highest BCUT2D eigenvalue weighted by Crippen LogP contribution is 2.40. The van der Waals surface area contributed by atoms with Crippen molar-refractivity contribution < 1.29 is 22.6 Å². The number of halogens is 3. The van der Waals surface area contributed by atoms with Gasteiger partial charge in [-0.1, -0.05) is 18.2 Å². The number of aromatic nitrogens is 2. The Balaban J connectivity index is 1.33. The average molecular weight is 500 g/mol. The number of rotatable bonds is 5. The van der Waals surface area contributed by atoms with Gasteiger partial charge in [0.15, 0.2) is 0 Å². The normalized spacial score (nSPS) is 21.1. The van der Waals surface area contributed by atoms with Gasteiger partial charge in [0.05, 0.1) is 48.1 Å². The highest BCUT2D eigenvalue weighted by atomic mass is 19.3. The molecule has 1 aromatic heterocycles. The maximum atomic E-state index is 14.8. The van der Waals surface area contributed by atoms with Gasteiger partial charge in [-0.05, 0) is 19.9 Å². The number of hydrogen-bond donors (Lipinski definition) is 1. The molecule has 190 valence electrons. The first-order valence-electron chi connectivity index (χ1n) is 12.3. The molecule has 4 heterocycles. The van der Waals surface area contributed by atoms with E-state index in [1.165, 1.54) is 12.1 Å². The van der Waals surface area contributed by atoms with Crippen LogP contribution in [0.1, 0.15) is 36.3 Å². The Labute approximate surface area is 207 Å². The van der Waals surface area contributed by atoms with Crippen LogP contribution < -0.4 is 15.0 Å². The number of anilines is 2. The van der Waals surface area contributed by atoms with E-state index in [-0.39, 0.29) is 11.6 Å². The molecular weight excluding hydrogens is 471 g/mol. The lowest BCUT2D eigenvalue weighted by Crippen LogP contribution is -2.62. The van der Waals surface area contributed by atoms with Crippen molar-refractivity contribution in [3.63, 3.8) is 0 Å². The Bertz CT molecular complexity index is 1300. The molecule has 0 aliphatic carbocycles. The third-order valence-electron chi connectivity index (χ3n) is 7.39. The molecule has 1 N–H and O–H groups in total. The lowest BCUT2D eigenvalue weighted by Gasteiger charge is -2.49. The Hall–Kier alpha value is -3.11. The Kier molecular flexibility index (Phi) is 5.88. The number of benzene rings is 2. The fourth-order valence-electron chi connectivity index (χ4n) is 5.36. The third kappa shape index (κ3) is 4.02. The largest absolute Gasteiger partial charge is 0.489 e. The smallest absolute Gasteiger partial charge is 0.266 e. The summed E-state index contributed by atoms with van der Waals surface area (Å²) in [5, 5.41) is 4.02. The number of nitrogens with zero attached hydrogens (tertiary/aromatic N) is 4. The van der Waals surface area contributed by atoms with Crippen molar-refractivity contribution in [1.29, 1.82) is 0 Å². The number of piperazine rings is 1. The highest BCUT2D eigenvalue weighted by molar-refractivity contribution is 5.94. The summed E-state index contributed by atoms with van der Waals surface area (Å²) in [5.74, 6) is 0.962. The third-order valence-corrected chi connectivity index (χ3v) is 7.39. The van der Waals surface area contributed by atoms with E-state index < -0.39 is 23.8 Å². The van der Waals surface area contributed by atoms with E-state index in [4.69, 9.17) is 9.47 Å². The average Bonchev–Trinajstić information content (AvgIpc) is 2.81. The second-order valence-corrected chi connectivity index (χ2v) is 9.72. The van der Waals surface area contributed by atoms with Crippen LogP contribution in [0.2, 0.25) is 0 Å². The van der Waals surface area contributed by atoms with Gasteiger partial charge in [0.2, 0.25) is 0 Å². The Morgan fingerprint density at radius 1 is 1.06 bits per heavy atom. The molecule has 3 aliphatic rings. The minimum atomic E-state index is -2.88. The van der Waals surface area contributed by atoms with Gasteiger partial charge < -0.3 is 19.7 Å². The lowest BCUT2D eigenvalue weighted by atomic mass is 10.0. The van der Waals surface area contributed by atoms with Gasteiger partial charge in [0.25, 0.3) is 6.43 Å². The summed E-state index contributed by atoms with van der Waals surface area (Å²) in [6.07, 6.45) is -2.88. The predicted molar refractivity (Wildman–Crippen MR) is 130 cm³/mol. The first kappa shape index (κ1) is 23.3. The number of nitrogens with one attached hydrogen (secondary N) is 1. The lowest BCUT2D eigenvalue weighted by molar-refractivity contribution is -0.0715. The van der Waals surface area contributed by atoms with E-state index in [1.807, 2.05) is 12.1 Å². The Morgan fingerprint density at radius 2 is 1.86 bits per heavy atom. The summed E-state index contributed by atoms with van der Waals surface area (Å²) in [6, 6.07) is 8.16. The van der Waals surface area contributed by atoms with Crippen LogP contribution >= 0.6 is 0 Å². The first-order valence-corrected chi connectivity index (χ1v) is 12.3. The quantitative estimate of drug-likeness (QED) is 0.556. The summed E-state index contributed by atoms with van der Waals surface area (Å²) in [4.78, 5) is 14.0. The molecule has 2 atom stereocenters. The molecule has 0 amide bonds. The van der Waals surface area contributed by atoms with E-state index in [9.17, 15) is 13.2 Å². The molecule has 2 saturated heterocycles. The fourth-order valence-corrected chi connectivity index (χ4v) is 5.36. The van der Waals surface area contributed by atoms with Crippen molar-refractivity contribution in [1.82, 2.24) is 14.9 Å². The number of fused-ring (bicyclic) bond motifs is 4. The first-order chi connectivity index (χ1) is 17.4. The molecular formula is C26H28F3N5O2. The van der Waals surface area contributed by atoms with Crippen LogP contribution in [0.5, 0.6) is 5.75 Å². The van der Waals surface area contributed by atoms with Gasteiger partial charge in [0, 0.05) is 36.7 Å². The molecule has 10 heteroatoms. The van der Waals surface area contributed by atoms with Crippen LogP contribution in [0.15, 0.2) is 30.3 Å². The number of alkyl halides is 2. The number of ether oxygens (including phenoxy) is 2. The van der Waals surface area contributed by atoms with E-state index in [2.05, 4.69) is 25.1 Å². The molecule has 7 nitrogen and oxygen atoms in total. The zero-order chi connectivity index (χ0) is 25.0. The van der Waals surface area contributed by atoms with Gasteiger partial charge in [0.1, 0.15) is 29.8 Å². The minimum absolute atomic E-state index is 0.162. The van der Waals surface area contributed by atoms with Gasteiger partial charge >= 0.3 is 0 Å². The maximum absolute atomic E-state index is 14.8. The summed E-state index contributed by atoms with van der Waals surface area (Å²) >= 11 is 0. The summed E-state index contributed by atoms with van der Waals surface area (Å²) < 4.78 is 52.8. The van der Waals surface area contributed by atoms with Crippen molar-refractivity contribution in [2.45, 2.75) is 38.4 Å². The number of hydrogen-bond acceptors (Lipinski definition) is 7. The van der Waals surface area contributed by atoms with E-state index in [0.717, 1.165) is 55.7 Å². The highest BCUT2D eigenvalue weighted by Gasteiger charge is 2.37. The molecule has 2 aromatic carbocycles. The van der Waals surface area contributed by atoms with Crippen molar-refractivity contribution in [3.05, 3.63) is 53.1 Å². The standard InChI is InChI=1S/C26H28F3N5O2/c1-14(18-4-3-5-19(24(18)27)25(28)29)30-26-20-8-22-23(9-21(20)31-15(2)32-26)36-13-16-10-33(6-7-34(16)22)17-11-35-12-17/h3-5,8-9,14,16-17,25H,6-7,10-13H2,1-2H3,(H,30,31,32)/t14-,16-/m1/s1. The summed E-state index contributed by atoms with van der Waals surface area (Å²) in [5.41, 5.74) is 1.25. The number of aryl methyl sites for hydroxylation is 1. The predicted octanol–water partition coefficient (Wildman–Crippen LogP) is 4.47. The minimum Gasteiger partial charge on any atom is -0.489 e.